The average Bonchev–Trinajstić information content (AvgIpc) is 2.99. The summed E-state index contributed by atoms with van der Waals surface area (Å²) in [6.07, 6.45) is 0.941. The van der Waals surface area contributed by atoms with E-state index < -0.39 is 4.92 Å². The highest BCUT2D eigenvalue weighted by molar-refractivity contribution is 5.56. The lowest BCUT2D eigenvalue weighted by molar-refractivity contribution is -0.384. The SMILES string of the molecule is CC1(C)CN(Cc2nc(-c3ccc([N+](=O)[O-])cc3)no2)CCC1N. The van der Waals surface area contributed by atoms with Gasteiger partial charge in [0, 0.05) is 36.8 Å². The quantitative estimate of drug-likeness (QED) is 0.675. The smallest absolute Gasteiger partial charge is 0.269 e. The number of aromatic nitrogens is 2. The van der Waals surface area contributed by atoms with Crippen LogP contribution in [0, 0.1) is 15.5 Å². The molecule has 1 aromatic heterocycles. The van der Waals surface area contributed by atoms with Gasteiger partial charge >= 0.3 is 0 Å². The first-order valence-electron chi connectivity index (χ1n) is 7.90. The maximum Gasteiger partial charge on any atom is 0.269 e. The third-order valence-electron chi connectivity index (χ3n) is 4.55. The lowest BCUT2D eigenvalue weighted by atomic mass is 9.80. The van der Waals surface area contributed by atoms with Crippen LogP contribution in [0.1, 0.15) is 26.2 Å². The summed E-state index contributed by atoms with van der Waals surface area (Å²) in [6.45, 7) is 6.69. The van der Waals surface area contributed by atoms with Crippen molar-refractivity contribution in [3.63, 3.8) is 0 Å². The number of hydrogen-bond acceptors (Lipinski definition) is 7. The van der Waals surface area contributed by atoms with E-state index in [2.05, 4.69) is 28.9 Å². The number of rotatable bonds is 4. The second-order valence-corrected chi connectivity index (χ2v) is 6.91. The highest BCUT2D eigenvalue weighted by Gasteiger charge is 2.33. The van der Waals surface area contributed by atoms with Crippen LogP contribution in [0.4, 0.5) is 5.69 Å². The topological polar surface area (TPSA) is 111 Å². The van der Waals surface area contributed by atoms with Gasteiger partial charge in [-0.05, 0) is 24.0 Å². The van der Waals surface area contributed by atoms with Gasteiger partial charge in [0.05, 0.1) is 11.5 Å². The lowest BCUT2D eigenvalue weighted by Gasteiger charge is -2.42. The summed E-state index contributed by atoms with van der Waals surface area (Å²) in [5.41, 5.74) is 6.94. The molecule has 3 rings (SSSR count). The molecule has 128 valence electrons. The van der Waals surface area contributed by atoms with E-state index >= 15 is 0 Å². The largest absolute Gasteiger partial charge is 0.338 e. The normalized spacial score (nSPS) is 20.9. The van der Waals surface area contributed by atoms with Crippen molar-refractivity contribution in [2.45, 2.75) is 32.9 Å². The van der Waals surface area contributed by atoms with Crippen molar-refractivity contribution in [3.8, 4) is 11.4 Å². The zero-order chi connectivity index (χ0) is 17.3. The molecule has 2 aromatic rings. The Bertz CT molecular complexity index is 726. The van der Waals surface area contributed by atoms with E-state index in [-0.39, 0.29) is 17.1 Å². The molecule has 1 fully saturated rings. The van der Waals surface area contributed by atoms with E-state index in [1.807, 2.05) is 0 Å². The molecule has 1 aliphatic rings. The van der Waals surface area contributed by atoms with Crippen LogP contribution in [-0.4, -0.2) is 39.1 Å². The van der Waals surface area contributed by atoms with Gasteiger partial charge in [-0.3, -0.25) is 15.0 Å². The number of likely N-dealkylation sites (tertiary alicyclic amines) is 1. The van der Waals surface area contributed by atoms with Crippen LogP contribution in [-0.2, 0) is 6.54 Å². The molecule has 0 spiro atoms. The zero-order valence-electron chi connectivity index (χ0n) is 13.8. The van der Waals surface area contributed by atoms with E-state index in [0.717, 1.165) is 19.5 Å². The molecule has 24 heavy (non-hydrogen) atoms. The molecule has 1 aliphatic heterocycles. The van der Waals surface area contributed by atoms with Crippen LogP contribution in [0.3, 0.4) is 0 Å². The van der Waals surface area contributed by atoms with Gasteiger partial charge in [-0.1, -0.05) is 19.0 Å². The van der Waals surface area contributed by atoms with Crippen molar-refractivity contribution in [2.75, 3.05) is 13.1 Å². The fourth-order valence-electron chi connectivity index (χ4n) is 2.98. The van der Waals surface area contributed by atoms with E-state index in [1.165, 1.54) is 12.1 Å². The Kier molecular flexibility index (Phi) is 4.33. The minimum absolute atomic E-state index is 0.0364. The number of nitro benzene ring substituents is 1. The molecule has 1 aromatic carbocycles. The van der Waals surface area contributed by atoms with Gasteiger partial charge in [0.2, 0.25) is 11.7 Å². The predicted octanol–water partition coefficient (Wildman–Crippen LogP) is 2.20. The maximum absolute atomic E-state index is 10.7. The Hall–Kier alpha value is -2.32. The van der Waals surface area contributed by atoms with E-state index in [1.54, 1.807) is 12.1 Å². The Labute approximate surface area is 139 Å². The number of nitrogens with zero attached hydrogens (tertiary/aromatic N) is 4. The molecular weight excluding hydrogens is 310 g/mol. The number of nitrogens with two attached hydrogens (primary N) is 1. The Balaban J connectivity index is 1.68. The van der Waals surface area contributed by atoms with Gasteiger partial charge in [-0.15, -0.1) is 0 Å². The molecule has 8 nitrogen and oxygen atoms in total. The van der Waals surface area contributed by atoms with Crippen LogP contribution in [0.5, 0.6) is 0 Å². The first kappa shape index (κ1) is 16.5. The van der Waals surface area contributed by atoms with Crippen LogP contribution < -0.4 is 5.73 Å². The molecule has 0 amide bonds. The Morgan fingerprint density at radius 2 is 2.12 bits per heavy atom. The number of piperidine rings is 1. The van der Waals surface area contributed by atoms with Gasteiger partial charge in [0.25, 0.3) is 5.69 Å². The van der Waals surface area contributed by atoms with Gasteiger partial charge < -0.3 is 10.3 Å². The molecule has 1 saturated heterocycles. The Morgan fingerprint density at radius 1 is 1.42 bits per heavy atom. The maximum atomic E-state index is 10.7. The minimum Gasteiger partial charge on any atom is -0.338 e. The number of benzene rings is 1. The molecule has 1 atom stereocenters. The zero-order valence-corrected chi connectivity index (χ0v) is 13.8. The molecule has 8 heteroatoms. The molecular formula is C16H21N5O3. The monoisotopic (exact) mass is 331 g/mol. The van der Waals surface area contributed by atoms with Crippen molar-refractivity contribution >= 4 is 5.69 Å². The summed E-state index contributed by atoms with van der Waals surface area (Å²) in [5.74, 6) is 0.975. The summed E-state index contributed by atoms with van der Waals surface area (Å²) in [6, 6.07) is 6.30. The van der Waals surface area contributed by atoms with Gasteiger partial charge in [0.1, 0.15) is 0 Å². The first-order chi connectivity index (χ1) is 11.3. The fraction of sp³-hybridized carbons (Fsp3) is 0.500. The summed E-state index contributed by atoms with van der Waals surface area (Å²) >= 11 is 0. The van der Waals surface area contributed by atoms with Crippen molar-refractivity contribution in [1.82, 2.24) is 15.0 Å². The summed E-state index contributed by atoms with van der Waals surface area (Å²) in [4.78, 5) is 16.9. The molecule has 0 bridgehead atoms. The van der Waals surface area contributed by atoms with Gasteiger partial charge in [0.15, 0.2) is 0 Å². The van der Waals surface area contributed by atoms with Crippen molar-refractivity contribution in [3.05, 3.63) is 40.3 Å². The molecule has 1 unspecified atom stereocenters. The lowest BCUT2D eigenvalue weighted by Crippen LogP contribution is -2.52. The van der Waals surface area contributed by atoms with Crippen LogP contribution in [0.2, 0.25) is 0 Å². The Morgan fingerprint density at radius 3 is 2.75 bits per heavy atom. The second-order valence-electron chi connectivity index (χ2n) is 6.91. The number of non-ortho nitro benzene ring substituents is 1. The van der Waals surface area contributed by atoms with E-state index in [4.69, 9.17) is 10.3 Å². The van der Waals surface area contributed by atoms with Crippen molar-refractivity contribution in [1.29, 1.82) is 0 Å². The molecule has 0 radical (unpaired) electrons. The predicted molar refractivity (Wildman–Crippen MR) is 88.0 cm³/mol. The molecule has 2 N–H and O–H groups in total. The van der Waals surface area contributed by atoms with Gasteiger partial charge in [-0.2, -0.15) is 4.98 Å². The number of nitro groups is 1. The summed E-state index contributed by atoms with van der Waals surface area (Å²) in [7, 11) is 0. The number of hydrogen-bond donors (Lipinski definition) is 1. The summed E-state index contributed by atoms with van der Waals surface area (Å²) < 4.78 is 5.33. The minimum atomic E-state index is -0.436. The van der Waals surface area contributed by atoms with Gasteiger partial charge in [-0.25, -0.2) is 0 Å². The third-order valence-corrected chi connectivity index (χ3v) is 4.55. The highest BCUT2D eigenvalue weighted by Crippen LogP contribution is 2.28. The molecule has 2 heterocycles. The van der Waals surface area contributed by atoms with Crippen LogP contribution in [0.25, 0.3) is 11.4 Å². The van der Waals surface area contributed by atoms with E-state index in [9.17, 15) is 10.1 Å². The summed E-state index contributed by atoms with van der Waals surface area (Å²) in [5, 5.41) is 14.7. The molecule has 0 aliphatic carbocycles. The van der Waals surface area contributed by atoms with Crippen molar-refractivity contribution < 1.29 is 9.45 Å². The standard InChI is InChI=1S/C16H21N5O3/c1-16(2)10-20(8-7-13(16)17)9-14-18-15(19-24-14)11-3-5-12(6-4-11)21(22)23/h3-6,13H,7-10,17H2,1-2H3. The highest BCUT2D eigenvalue weighted by atomic mass is 16.6. The second kappa shape index (κ2) is 6.29. The first-order valence-corrected chi connectivity index (χ1v) is 7.90. The third kappa shape index (κ3) is 3.44. The fourth-order valence-corrected chi connectivity index (χ4v) is 2.98. The average molecular weight is 331 g/mol. The van der Waals surface area contributed by atoms with Crippen LogP contribution in [0.15, 0.2) is 28.8 Å². The van der Waals surface area contributed by atoms with E-state index in [0.29, 0.717) is 23.8 Å². The van der Waals surface area contributed by atoms with Crippen LogP contribution >= 0.6 is 0 Å². The molecule has 0 saturated carbocycles. The van der Waals surface area contributed by atoms with Crippen molar-refractivity contribution in [2.24, 2.45) is 11.1 Å².